The maximum atomic E-state index is 5.94. The monoisotopic (exact) mass is 237 g/mol. The van der Waals surface area contributed by atoms with E-state index in [1.165, 1.54) is 19.3 Å². The van der Waals surface area contributed by atoms with Crippen LogP contribution in [-0.2, 0) is 0 Å². The van der Waals surface area contributed by atoms with Crippen molar-refractivity contribution in [3.8, 4) is 0 Å². The molecule has 2 N–H and O–H groups in total. The summed E-state index contributed by atoms with van der Waals surface area (Å²) in [6.07, 6.45) is 3.88. The summed E-state index contributed by atoms with van der Waals surface area (Å²) < 4.78 is 5.94. The Morgan fingerprint density at radius 2 is 2.00 bits per heavy atom. The van der Waals surface area contributed by atoms with Gasteiger partial charge in [-0.1, -0.05) is 0 Å². The van der Waals surface area contributed by atoms with Crippen molar-refractivity contribution in [1.82, 2.24) is 4.90 Å². The van der Waals surface area contributed by atoms with Gasteiger partial charge in [0.05, 0.1) is 6.04 Å². The van der Waals surface area contributed by atoms with Crippen LogP contribution in [0.15, 0.2) is 16.5 Å². The van der Waals surface area contributed by atoms with Gasteiger partial charge in [0.1, 0.15) is 5.76 Å². The fourth-order valence-corrected chi connectivity index (χ4v) is 2.39. The highest BCUT2D eigenvalue weighted by Crippen LogP contribution is 2.27. The zero-order valence-corrected chi connectivity index (χ0v) is 10.9. The number of likely N-dealkylation sites (N-methyl/N-ethyl adjacent to an activating group) is 1. The Morgan fingerprint density at radius 1 is 1.29 bits per heavy atom. The van der Waals surface area contributed by atoms with Crippen LogP contribution in [0, 0.1) is 0 Å². The Hall–Kier alpha value is -1.00. The number of rotatable bonds is 4. The Morgan fingerprint density at radius 3 is 2.59 bits per heavy atom. The van der Waals surface area contributed by atoms with E-state index in [1.807, 2.05) is 14.1 Å². The fraction of sp³-hybridized carbons (Fsp3) is 0.692. The molecule has 0 bridgehead atoms. The molecule has 1 aromatic heterocycles. The summed E-state index contributed by atoms with van der Waals surface area (Å²) in [4.78, 5) is 4.43. The molecular weight excluding hydrogens is 214 g/mol. The van der Waals surface area contributed by atoms with Crippen LogP contribution in [0.3, 0.4) is 0 Å². The molecule has 1 aliphatic heterocycles. The first-order valence-electron chi connectivity index (χ1n) is 6.43. The molecule has 1 aromatic rings. The predicted molar refractivity (Wildman–Crippen MR) is 70.3 cm³/mol. The number of hydrogen-bond acceptors (Lipinski definition) is 4. The SMILES string of the molecule is CN(C)[C@H](CN)c1ccc(N2CCCCC2)o1. The van der Waals surface area contributed by atoms with Crippen LogP contribution in [0.2, 0.25) is 0 Å². The van der Waals surface area contributed by atoms with Crippen molar-refractivity contribution in [1.29, 1.82) is 0 Å². The molecule has 96 valence electrons. The van der Waals surface area contributed by atoms with Gasteiger partial charge in [-0.25, -0.2) is 0 Å². The van der Waals surface area contributed by atoms with Crippen molar-refractivity contribution in [2.24, 2.45) is 5.73 Å². The van der Waals surface area contributed by atoms with Gasteiger partial charge in [-0.05, 0) is 39.4 Å². The number of piperidine rings is 1. The van der Waals surface area contributed by atoms with Crippen LogP contribution >= 0.6 is 0 Å². The van der Waals surface area contributed by atoms with Crippen molar-refractivity contribution in [2.45, 2.75) is 25.3 Å². The molecular formula is C13H23N3O. The molecule has 2 rings (SSSR count). The molecule has 17 heavy (non-hydrogen) atoms. The molecule has 0 unspecified atom stereocenters. The molecule has 0 aromatic carbocycles. The standard InChI is InChI=1S/C13H23N3O/c1-15(2)11(10-14)12-6-7-13(17-12)16-8-4-3-5-9-16/h6-7,11H,3-5,8-10,14H2,1-2H3/t11-/m1/s1. The second-order valence-corrected chi connectivity index (χ2v) is 4.94. The first kappa shape index (κ1) is 12.5. The summed E-state index contributed by atoms with van der Waals surface area (Å²) in [6.45, 7) is 2.81. The third kappa shape index (κ3) is 2.82. The first-order chi connectivity index (χ1) is 8.22. The fourth-order valence-electron chi connectivity index (χ4n) is 2.39. The van der Waals surface area contributed by atoms with E-state index in [0.29, 0.717) is 6.54 Å². The van der Waals surface area contributed by atoms with Crippen molar-refractivity contribution in [3.05, 3.63) is 17.9 Å². The Balaban J connectivity index is 2.08. The molecule has 4 nitrogen and oxygen atoms in total. The minimum Gasteiger partial charge on any atom is -0.444 e. The molecule has 0 spiro atoms. The van der Waals surface area contributed by atoms with Gasteiger partial charge >= 0.3 is 0 Å². The molecule has 0 saturated carbocycles. The van der Waals surface area contributed by atoms with E-state index < -0.39 is 0 Å². The molecule has 0 aliphatic carbocycles. The second kappa shape index (κ2) is 5.56. The molecule has 0 amide bonds. The number of nitrogens with zero attached hydrogens (tertiary/aromatic N) is 2. The highest BCUT2D eigenvalue weighted by atomic mass is 16.4. The summed E-state index contributed by atoms with van der Waals surface area (Å²) >= 11 is 0. The van der Waals surface area contributed by atoms with Gasteiger partial charge in [-0.2, -0.15) is 0 Å². The molecule has 2 heterocycles. The number of nitrogens with two attached hydrogens (primary N) is 1. The normalized spacial score (nSPS) is 18.7. The molecule has 1 fully saturated rings. The summed E-state index contributed by atoms with van der Waals surface area (Å²) in [7, 11) is 4.06. The van der Waals surface area contributed by atoms with Gasteiger partial charge in [0, 0.05) is 25.7 Å². The molecule has 1 saturated heterocycles. The summed E-state index contributed by atoms with van der Waals surface area (Å²) in [5, 5.41) is 0. The third-order valence-corrected chi connectivity index (χ3v) is 3.46. The number of anilines is 1. The maximum absolute atomic E-state index is 5.94. The van der Waals surface area contributed by atoms with E-state index in [9.17, 15) is 0 Å². The zero-order valence-electron chi connectivity index (χ0n) is 10.9. The van der Waals surface area contributed by atoms with Crippen molar-refractivity contribution < 1.29 is 4.42 Å². The minimum atomic E-state index is 0.175. The van der Waals surface area contributed by atoms with Crippen LogP contribution < -0.4 is 10.6 Å². The number of furan rings is 1. The summed E-state index contributed by atoms with van der Waals surface area (Å²) in [5.41, 5.74) is 5.78. The Labute approximate surface area is 103 Å². The zero-order chi connectivity index (χ0) is 12.3. The van der Waals surface area contributed by atoms with Gasteiger partial charge in [-0.15, -0.1) is 0 Å². The highest BCUT2D eigenvalue weighted by Gasteiger charge is 2.19. The smallest absolute Gasteiger partial charge is 0.195 e. The van der Waals surface area contributed by atoms with E-state index in [-0.39, 0.29) is 6.04 Å². The van der Waals surface area contributed by atoms with Gasteiger partial charge in [0.2, 0.25) is 0 Å². The van der Waals surface area contributed by atoms with E-state index in [2.05, 4.69) is 21.9 Å². The predicted octanol–water partition coefficient (Wildman–Crippen LogP) is 1.83. The van der Waals surface area contributed by atoms with Crippen LogP contribution in [0.25, 0.3) is 0 Å². The van der Waals surface area contributed by atoms with Crippen LogP contribution in [-0.4, -0.2) is 38.6 Å². The lowest BCUT2D eigenvalue weighted by molar-refractivity contribution is 0.264. The Bertz CT molecular complexity index is 342. The highest BCUT2D eigenvalue weighted by molar-refractivity contribution is 5.37. The third-order valence-electron chi connectivity index (χ3n) is 3.46. The van der Waals surface area contributed by atoms with Crippen molar-refractivity contribution in [3.63, 3.8) is 0 Å². The lowest BCUT2D eigenvalue weighted by atomic mass is 10.1. The van der Waals surface area contributed by atoms with E-state index in [4.69, 9.17) is 10.2 Å². The molecule has 0 radical (unpaired) electrons. The first-order valence-corrected chi connectivity index (χ1v) is 6.43. The minimum absolute atomic E-state index is 0.175. The van der Waals surface area contributed by atoms with E-state index in [0.717, 1.165) is 24.7 Å². The quantitative estimate of drug-likeness (QED) is 0.868. The van der Waals surface area contributed by atoms with Crippen molar-refractivity contribution in [2.75, 3.05) is 38.6 Å². The van der Waals surface area contributed by atoms with Crippen LogP contribution in [0.5, 0.6) is 0 Å². The Kier molecular flexibility index (Phi) is 4.07. The number of hydrogen-bond donors (Lipinski definition) is 1. The van der Waals surface area contributed by atoms with E-state index in [1.54, 1.807) is 0 Å². The van der Waals surface area contributed by atoms with Gasteiger partial charge in [0.15, 0.2) is 5.88 Å². The molecule has 1 aliphatic rings. The van der Waals surface area contributed by atoms with Gasteiger partial charge < -0.3 is 15.1 Å². The molecule has 4 heteroatoms. The average molecular weight is 237 g/mol. The summed E-state index contributed by atoms with van der Waals surface area (Å²) in [6, 6.07) is 4.31. The second-order valence-electron chi connectivity index (χ2n) is 4.94. The topological polar surface area (TPSA) is 45.6 Å². The van der Waals surface area contributed by atoms with Crippen molar-refractivity contribution >= 4 is 5.88 Å². The largest absolute Gasteiger partial charge is 0.444 e. The van der Waals surface area contributed by atoms with Gasteiger partial charge in [-0.3, -0.25) is 4.90 Å². The lowest BCUT2D eigenvalue weighted by Gasteiger charge is -2.26. The van der Waals surface area contributed by atoms with Gasteiger partial charge in [0.25, 0.3) is 0 Å². The lowest BCUT2D eigenvalue weighted by Crippen LogP contribution is -2.29. The maximum Gasteiger partial charge on any atom is 0.195 e. The molecule has 1 atom stereocenters. The van der Waals surface area contributed by atoms with Crippen LogP contribution in [0.1, 0.15) is 31.1 Å². The van der Waals surface area contributed by atoms with Crippen LogP contribution in [0.4, 0.5) is 5.88 Å². The summed E-state index contributed by atoms with van der Waals surface area (Å²) in [5.74, 6) is 1.97. The van der Waals surface area contributed by atoms with E-state index >= 15 is 0 Å². The average Bonchev–Trinajstić information content (AvgIpc) is 2.80.